The second-order valence-electron chi connectivity index (χ2n) is 9.86. The molecule has 0 aliphatic rings. The van der Waals surface area contributed by atoms with Crippen molar-refractivity contribution in [2.75, 3.05) is 13.7 Å². The summed E-state index contributed by atoms with van der Waals surface area (Å²) in [7, 11) is 1.17. The van der Waals surface area contributed by atoms with Gasteiger partial charge in [-0.3, -0.25) is 18.7 Å². The molecule has 0 spiro atoms. The molecule has 0 radical (unpaired) electrons. The molecule has 0 amide bonds. The fourth-order valence-electron chi connectivity index (χ4n) is 4.96. The summed E-state index contributed by atoms with van der Waals surface area (Å²) in [5.41, 5.74) is -5.14. The zero-order valence-corrected chi connectivity index (χ0v) is 24.0. The van der Waals surface area contributed by atoms with E-state index in [-0.39, 0.29) is 17.0 Å². The highest BCUT2D eigenvalue weighted by molar-refractivity contribution is 5.68. The van der Waals surface area contributed by atoms with Gasteiger partial charge >= 0.3 is 17.8 Å². The van der Waals surface area contributed by atoms with E-state index in [1.165, 1.54) is 32.2 Å². The summed E-state index contributed by atoms with van der Waals surface area (Å²) in [6, 6.07) is 13.0. The van der Waals surface area contributed by atoms with Gasteiger partial charge in [0.25, 0.3) is 5.56 Å². The summed E-state index contributed by atoms with van der Waals surface area (Å²) in [6.45, 7) is -0.953. The van der Waals surface area contributed by atoms with Crippen LogP contribution in [0.4, 0.5) is 22.0 Å². The van der Waals surface area contributed by atoms with Crippen molar-refractivity contribution in [1.29, 1.82) is 0 Å². The summed E-state index contributed by atoms with van der Waals surface area (Å²) in [5, 5.41) is 12.0. The van der Waals surface area contributed by atoms with Gasteiger partial charge in [-0.25, -0.2) is 13.6 Å². The van der Waals surface area contributed by atoms with Crippen molar-refractivity contribution in [2.45, 2.75) is 45.0 Å². The van der Waals surface area contributed by atoms with Crippen LogP contribution in [-0.2, 0) is 24.1 Å². The Balaban J connectivity index is 1.96. The quantitative estimate of drug-likeness (QED) is 0.199. The van der Waals surface area contributed by atoms with Gasteiger partial charge in [-0.2, -0.15) is 13.2 Å². The number of halogens is 5. The number of aromatic nitrogens is 2. The highest BCUT2D eigenvalue weighted by atomic mass is 19.4. The van der Waals surface area contributed by atoms with E-state index in [4.69, 9.17) is 8.85 Å². The smallest absolute Gasteiger partial charge is 0.416 e. The fourth-order valence-corrected chi connectivity index (χ4v) is 4.96. The van der Waals surface area contributed by atoms with Crippen LogP contribution >= 0.6 is 0 Å². The van der Waals surface area contributed by atoms with Gasteiger partial charge in [0.2, 0.25) is 0 Å². The Labute approximate surface area is 258 Å². The standard InChI is InChI=1S/C32H30F5N3O5/c1-19-28(21-11-6-14-26(45-2)29(21)34)30(43)40(18-25(20-9-4-3-5-10-20)38-16-8-15-27(41)42)31(44)39(19)17-22-23(32(35,36)37)12-7-13-24(22)33/h3-7,9-14,25,38H,8,15-18H2,1-2H3,(H,41,42)/t25-/m0/s1/i8D,15D2/t8?,25-. The zero-order chi connectivity index (χ0) is 35.6. The average Bonchev–Trinajstić information content (AvgIpc) is 3.03. The number of hydrogen-bond acceptors (Lipinski definition) is 5. The molecule has 13 heteroatoms. The van der Waals surface area contributed by atoms with Crippen LogP contribution in [0, 0.1) is 18.6 Å². The molecule has 0 saturated carbocycles. The second kappa shape index (κ2) is 13.9. The lowest BCUT2D eigenvalue weighted by molar-refractivity contribution is -0.138. The zero-order valence-electron chi connectivity index (χ0n) is 27.0. The van der Waals surface area contributed by atoms with Gasteiger partial charge in [0.15, 0.2) is 11.6 Å². The SMILES string of the molecule is [2H]C(CN[C@@H](Cn1c(=O)c(-c2cccc(OC)c2F)c(C)n(Cc2c(F)cccc2C(F)(F)F)c1=O)c1ccccc1)C([2H])([2H])C(=O)O. The van der Waals surface area contributed by atoms with Crippen molar-refractivity contribution < 1.29 is 40.7 Å². The molecule has 2 N–H and O–H groups in total. The molecule has 4 aromatic rings. The minimum absolute atomic E-state index is 0.269. The summed E-state index contributed by atoms with van der Waals surface area (Å²) >= 11 is 0. The maximum atomic E-state index is 15.6. The van der Waals surface area contributed by atoms with Crippen molar-refractivity contribution in [3.8, 4) is 16.9 Å². The molecule has 3 aromatic carbocycles. The fraction of sp³-hybridized carbons (Fsp3) is 0.281. The number of methoxy groups -OCH3 is 1. The Kier molecular flexibility index (Phi) is 8.94. The number of benzene rings is 3. The number of aliphatic carboxylic acids is 1. The van der Waals surface area contributed by atoms with Gasteiger partial charge in [-0.15, -0.1) is 0 Å². The minimum Gasteiger partial charge on any atom is -0.494 e. The van der Waals surface area contributed by atoms with E-state index in [2.05, 4.69) is 5.32 Å². The molecule has 238 valence electrons. The minimum atomic E-state index is -5.01. The van der Waals surface area contributed by atoms with E-state index >= 15 is 4.39 Å². The summed E-state index contributed by atoms with van der Waals surface area (Å²) in [5.74, 6) is -4.44. The van der Waals surface area contributed by atoms with Crippen molar-refractivity contribution in [2.24, 2.45) is 0 Å². The Bertz CT molecular complexity index is 1930. The van der Waals surface area contributed by atoms with E-state index in [1.807, 2.05) is 0 Å². The molecule has 0 aliphatic carbocycles. The molecular formula is C32H30F5N3O5. The van der Waals surface area contributed by atoms with E-state index < -0.39 is 90.2 Å². The third-order valence-corrected chi connectivity index (χ3v) is 7.14. The third-order valence-electron chi connectivity index (χ3n) is 7.14. The predicted octanol–water partition coefficient (Wildman–Crippen LogP) is 5.54. The average molecular weight is 635 g/mol. The number of ether oxygens (including phenoxy) is 1. The molecule has 45 heavy (non-hydrogen) atoms. The first kappa shape index (κ1) is 29.0. The molecule has 1 aromatic heterocycles. The first-order valence-corrected chi connectivity index (χ1v) is 13.5. The lowest BCUT2D eigenvalue weighted by atomic mass is 10.0. The highest BCUT2D eigenvalue weighted by Gasteiger charge is 2.35. The third kappa shape index (κ3) is 7.31. The first-order chi connectivity index (χ1) is 22.5. The number of alkyl halides is 3. The Morgan fingerprint density at radius 3 is 2.36 bits per heavy atom. The predicted molar refractivity (Wildman–Crippen MR) is 156 cm³/mol. The van der Waals surface area contributed by atoms with Gasteiger partial charge < -0.3 is 15.2 Å². The van der Waals surface area contributed by atoms with Crippen LogP contribution in [0.25, 0.3) is 11.1 Å². The van der Waals surface area contributed by atoms with Crippen molar-refractivity contribution in [3.63, 3.8) is 0 Å². The van der Waals surface area contributed by atoms with Gasteiger partial charge in [-0.05, 0) is 43.6 Å². The van der Waals surface area contributed by atoms with Crippen LogP contribution in [0.5, 0.6) is 5.75 Å². The number of carbonyl (C=O) groups is 1. The van der Waals surface area contributed by atoms with E-state index in [9.17, 15) is 37.1 Å². The van der Waals surface area contributed by atoms with Gasteiger partial charge in [0, 0.05) is 27.3 Å². The Morgan fingerprint density at radius 1 is 1.02 bits per heavy atom. The van der Waals surface area contributed by atoms with Gasteiger partial charge in [0.05, 0.1) is 37.4 Å². The summed E-state index contributed by atoms with van der Waals surface area (Å²) < 4.78 is 102. The van der Waals surface area contributed by atoms with Crippen LogP contribution in [0.3, 0.4) is 0 Å². The summed E-state index contributed by atoms with van der Waals surface area (Å²) in [4.78, 5) is 39.5. The van der Waals surface area contributed by atoms with Crippen LogP contribution in [0.1, 0.15) is 45.3 Å². The number of hydrogen-bond donors (Lipinski definition) is 2. The Hall–Kier alpha value is -4.78. The largest absolute Gasteiger partial charge is 0.494 e. The molecule has 1 unspecified atom stereocenters. The maximum absolute atomic E-state index is 15.6. The maximum Gasteiger partial charge on any atom is 0.416 e. The number of rotatable bonds is 12. The van der Waals surface area contributed by atoms with E-state index in [0.717, 1.165) is 16.7 Å². The van der Waals surface area contributed by atoms with Crippen molar-refractivity contribution in [3.05, 3.63) is 122 Å². The molecule has 2 atom stereocenters. The number of nitrogens with zero attached hydrogens (tertiary/aromatic N) is 2. The molecule has 1 heterocycles. The van der Waals surface area contributed by atoms with E-state index in [1.54, 1.807) is 30.3 Å². The molecule has 4 rings (SSSR count). The van der Waals surface area contributed by atoms with Gasteiger partial charge in [-0.1, -0.05) is 48.5 Å². The normalized spacial score (nSPS) is 14.2. The molecule has 0 fully saturated rings. The lowest BCUT2D eigenvalue weighted by Gasteiger charge is -2.23. The molecule has 0 bridgehead atoms. The second-order valence-corrected chi connectivity index (χ2v) is 9.86. The highest BCUT2D eigenvalue weighted by Crippen LogP contribution is 2.34. The molecular weight excluding hydrogens is 601 g/mol. The van der Waals surface area contributed by atoms with Crippen LogP contribution in [0.2, 0.25) is 0 Å². The molecule has 0 aliphatic heterocycles. The number of carboxylic acid groups (broad SMARTS) is 1. The molecule has 8 nitrogen and oxygen atoms in total. The van der Waals surface area contributed by atoms with E-state index in [0.29, 0.717) is 16.2 Å². The van der Waals surface area contributed by atoms with Crippen LogP contribution in [0.15, 0.2) is 76.3 Å². The van der Waals surface area contributed by atoms with Crippen LogP contribution in [-0.4, -0.2) is 33.9 Å². The monoisotopic (exact) mass is 634 g/mol. The lowest BCUT2D eigenvalue weighted by Crippen LogP contribution is -2.45. The molecule has 0 saturated heterocycles. The Morgan fingerprint density at radius 2 is 1.71 bits per heavy atom. The topological polar surface area (TPSA) is 103 Å². The number of carboxylic acids is 1. The van der Waals surface area contributed by atoms with Crippen molar-refractivity contribution >= 4 is 5.97 Å². The van der Waals surface area contributed by atoms with Gasteiger partial charge in [0.1, 0.15) is 5.82 Å². The van der Waals surface area contributed by atoms with Crippen LogP contribution < -0.4 is 21.3 Å². The van der Waals surface area contributed by atoms with Crippen molar-refractivity contribution in [1.82, 2.24) is 14.5 Å². The first-order valence-electron chi connectivity index (χ1n) is 15.0. The summed E-state index contributed by atoms with van der Waals surface area (Å²) in [6.07, 6.45) is -9.84. The number of nitrogens with one attached hydrogen (secondary N) is 1.